The minimum Gasteiger partial charge on any atom is -0.481 e. The summed E-state index contributed by atoms with van der Waals surface area (Å²) >= 11 is 0. The van der Waals surface area contributed by atoms with Crippen LogP contribution in [0.3, 0.4) is 0 Å². The molecule has 2 amide bonds. The number of nitro groups is 1. The normalized spacial score (nSPS) is 11.5. The second kappa shape index (κ2) is 7.96. The van der Waals surface area contributed by atoms with Gasteiger partial charge in [-0.2, -0.15) is 0 Å². The highest BCUT2D eigenvalue weighted by molar-refractivity contribution is 5.75. The molecule has 0 aliphatic heterocycles. The summed E-state index contributed by atoms with van der Waals surface area (Å²) in [6.45, 7) is 1.83. The molecule has 0 saturated heterocycles. The quantitative estimate of drug-likeness (QED) is 0.585. The van der Waals surface area contributed by atoms with E-state index in [4.69, 9.17) is 5.11 Å². The summed E-state index contributed by atoms with van der Waals surface area (Å²) in [7, 11) is 1.50. The zero-order valence-electron chi connectivity index (χ0n) is 12.5. The maximum absolute atomic E-state index is 11.8. The number of nitrogens with one attached hydrogen (secondary N) is 1. The molecule has 0 saturated carbocycles. The van der Waals surface area contributed by atoms with Crippen molar-refractivity contribution in [2.24, 2.45) is 5.92 Å². The van der Waals surface area contributed by atoms with E-state index in [1.165, 1.54) is 24.9 Å². The maximum atomic E-state index is 11.8. The van der Waals surface area contributed by atoms with E-state index in [2.05, 4.69) is 5.32 Å². The van der Waals surface area contributed by atoms with Crippen molar-refractivity contribution in [2.75, 3.05) is 20.1 Å². The van der Waals surface area contributed by atoms with Gasteiger partial charge in [0.1, 0.15) is 0 Å². The summed E-state index contributed by atoms with van der Waals surface area (Å²) in [5.41, 5.74) is 0.555. The Morgan fingerprint density at radius 3 is 2.64 bits per heavy atom. The van der Waals surface area contributed by atoms with Gasteiger partial charge in [-0.25, -0.2) is 4.79 Å². The lowest BCUT2D eigenvalue weighted by molar-refractivity contribution is -0.385. The molecule has 1 rings (SSSR count). The van der Waals surface area contributed by atoms with E-state index < -0.39 is 22.8 Å². The summed E-state index contributed by atoms with van der Waals surface area (Å²) < 4.78 is 0. The predicted molar refractivity (Wildman–Crippen MR) is 79.6 cm³/mol. The van der Waals surface area contributed by atoms with E-state index in [1.54, 1.807) is 18.2 Å². The molecule has 1 unspecified atom stereocenters. The van der Waals surface area contributed by atoms with Crippen molar-refractivity contribution in [1.29, 1.82) is 0 Å². The Bertz CT molecular complexity index is 561. The van der Waals surface area contributed by atoms with Crippen LogP contribution in [0.4, 0.5) is 10.5 Å². The van der Waals surface area contributed by atoms with Gasteiger partial charge in [0.05, 0.1) is 10.8 Å². The van der Waals surface area contributed by atoms with Gasteiger partial charge in [0, 0.05) is 31.8 Å². The second-order valence-corrected chi connectivity index (χ2v) is 4.99. The minimum atomic E-state index is -0.973. The van der Waals surface area contributed by atoms with Crippen molar-refractivity contribution in [1.82, 2.24) is 10.2 Å². The highest BCUT2D eigenvalue weighted by atomic mass is 16.6. The van der Waals surface area contributed by atoms with E-state index >= 15 is 0 Å². The van der Waals surface area contributed by atoms with Gasteiger partial charge in [-0.05, 0) is 6.42 Å². The molecular weight excluding hydrogens is 290 g/mol. The molecule has 8 heteroatoms. The standard InChI is InChI=1S/C14H19N3O5/c1-10(13(18)19)9-16(2)14(20)15-8-7-11-5-3-4-6-12(11)17(21)22/h3-6,10H,7-9H2,1-2H3,(H,15,20)(H,18,19). The van der Waals surface area contributed by atoms with Gasteiger partial charge < -0.3 is 15.3 Å². The third-order valence-electron chi connectivity index (χ3n) is 3.17. The van der Waals surface area contributed by atoms with Gasteiger partial charge in [0.2, 0.25) is 0 Å². The van der Waals surface area contributed by atoms with Crippen LogP contribution in [0.5, 0.6) is 0 Å². The van der Waals surface area contributed by atoms with Crippen LogP contribution < -0.4 is 5.32 Å². The predicted octanol–water partition coefficient (Wildman–Crippen LogP) is 1.50. The number of nitro benzene ring substituents is 1. The Hall–Kier alpha value is -2.64. The van der Waals surface area contributed by atoms with E-state index in [0.29, 0.717) is 12.0 Å². The summed E-state index contributed by atoms with van der Waals surface area (Å²) in [6.07, 6.45) is 0.325. The van der Waals surface area contributed by atoms with Crippen molar-refractivity contribution in [2.45, 2.75) is 13.3 Å². The molecule has 2 N–H and O–H groups in total. The molecule has 0 aliphatic rings. The fourth-order valence-electron chi connectivity index (χ4n) is 1.91. The van der Waals surface area contributed by atoms with Crippen LogP contribution in [0.15, 0.2) is 24.3 Å². The molecule has 0 fully saturated rings. The van der Waals surface area contributed by atoms with Gasteiger partial charge in [0.25, 0.3) is 5.69 Å². The van der Waals surface area contributed by atoms with Crippen LogP contribution in [0, 0.1) is 16.0 Å². The van der Waals surface area contributed by atoms with Crippen molar-refractivity contribution in [3.8, 4) is 0 Å². The molecule has 0 aliphatic carbocycles. The molecule has 8 nitrogen and oxygen atoms in total. The first-order valence-corrected chi connectivity index (χ1v) is 6.77. The minimum absolute atomic E-state index is 0.0182. The molecule has 0 radical (unpaired) electrons. The molecule has 120 valence electrons. The third-order valence-corrected chi connectivity index (χ3v) is 3.17. The fraction of sp³-hybridized carbons (Fsp3) is 0.429. The lowest BCUT2D eigenvalue weighted by Gasteiger charge is -2.20. The number of benzene rings is 1. The van der Waals surface area contributed by atoms with Gasteiger partial charge in [-0.3, -0.25) is 14.9 Å². The van der Waals surface area contributed by atoms with Crippen LogP contribution in [-0.2, 0) is 11.2 Å². The van der Waals surface area contributed by atoms with Crippen LogP contribution in [0.1, 0.15) is 12.5 Å². The highest BCUT2D eigenvalue weighted by Crippen LogP contribution is 2.17. The first-order valence-electron chi connectivity index (χ1n) is 6.77. The number of carbonyl (C=O) groups is 2. The average Bonchev–Trinajstić information content (AvgIpc) is 2.47. The molecule has 22 heavy (non-hydrogen) atoms. The highest BCUT2D eigenvalue weighted by Gasteiger charge is 2.17. The summed E-state index contributed by atoms with van der Waals surface area (Å²) in [4.78, 5) is 34.2. The summed E-state index contributed by atoms with van der Waals surface area (Å²) in [5.74, 6) is -1.63. The SMILES string of the molecule is CC(CN(C)C(=O)NCCc1ccccc1[N+](=O)[O-])C(=O)O. The Balaban J connectivity index is 2.49. The van der Waals surface area contributed by atoms with Gasteiger partial charge in [-0.1, -0.05) is 25.1 Å². The average molecular weight is 309 g/mol. The van der Waals surface area contributed by atoms with Gasteiger partial charge >= 0.3 is 12.0 Å². The number of carboxylic acids is 1. The van der Waals surface area contributed by atoms with Crippen LogP contribution in [0.25, 0.3) is 0 Å². The van der Waals surface area contributed by atoms with E-state index in [1.807, 2.05) is 0 Å². The van der Waals surface area contributed by atoms with Gasteiger partial charge in [-0.15, -0.1) is 0 Å². The zero-order chi connectivity index (χ0) is 16.7. The molecular formula is C14H19N3O5. The maximum Gasteiger partial charge on any atom is 0.317 e. The Kier molecular flexibility index (Phi) is 6.30. The van der Waals surface area contributed by atoms with E-state index in [0.717, 1.165) is 0 Å². The number of rotatable bonds is 7. The number of nitrogens with zero attached hydrogens (tertiary/aromatic N) is 2. The second-order valence-electron chi connectivity index (χ2n) is 4.99. The summed E-state index contributed by atoms with van der Waals surface area (Å²) in [5, 5.41) is 22.3. The molecule has 1 atom stereocenters. The molecule has 1 aromatic rings. The monoisotopic (exact) mass is 309 g/mol. The number of carboxylic acid groups (broad SMARTS) is 1. The summed E-state index contributed by atoms with van der Waals surface area (Å²) in [6, 6.07) is 5.93. The Morgan fingerprint density at radius 1 is 1.41 bits per heavy atom. The topological polar surface area (TPSA) is 113 Å². The van der Waals surface area contributed by atoms with Gasteiger partial charge in [0.15, 0.2) is 0 Å². The van der Waals surface area contributed by atoms with Crippen LogP contribution >= 0.6 is 0 Å². The Morgan fingerprint density at radius 2 is 2.05 bits per heavy atom. The number of carbonyl (C=O) groups excluding carboxylic acids is 1. The first kappa shape index (κ1) is 17.4. The number of hydrogen-bond donors (Lipinski definition) is 2. The number of para-hydroxylation sites is 1. The van der Waals surface area contributed by atoms with Crippen LogP contribution in [0.2, 0.25) is 0 Å². The Labute approximate surface area is 127 Å². The molecule has 1 aromatic carbocycles. The number of urea groups is 1. The molecule has 0 spiro atoms. The number of hydrogen-bond acceptors (Lipinski definition) is 4. The van der Waals surface area contributed by atoms with E-state index in [9.17, 15) is 19.7 Å². The van der Waals surface area contributed by atoms with Crippen LogP contribution in [-0.4, -0.2) is 47.1 Å². The molecule has 0 heterocycles. The van der Waals surface area contributed by atoms with Crippen molar-refractivity contribution >= 4 is 17.7 Å². The number of aliphatic carboxylic acids is 1. The lowest BCUT2D eigenvalue weighted by atomic mass is 10.1. The number of amides is 2. The van der Waals surface area contributed by atoms with Crippen molar-refractivity contribution < 1.29 is 19.6 Å². The zero-order valence-corrected chi connectivity index (χ0v) is 12.5. The smallest absolute Gasteiger partial charge is 0.317 e. The molecule has 0 bridgehead atoms. The molecule has 0 aromatic heterocycles. The van der Waals surface area contributed by atoms with Crippen molar-refractivity contribution in [3.05, 3.63) is 39.9 Å². The largest absolute Gasteiger partial charge is 0.481 e. The third kappa shape index (κ3) is 5.04. The first-order chi connectivity index (χ1) is 10.3. The fourth-order valence-corrected chi connectivity index (χ4v) is 1.91. The van der Waals surface area contributed by atoms with Crippen molar-refractivity contribution in [3.63, 3.8) is 0 Å². The lowest BCUT2D eigenvalue weighted by Crippen LogP contribution is -2.41. The van der Waals surface area contributed by atoms with E-state index in [-0.39, 0.29) is 18.8 Å².